The Bertz CT molecular complexity index is 1010. The summed E-state index contributed by atoms with van der Waals surface area (Å²) < 4.78 is 24.7. The van der Waals surface area contributed by atoms with Crippen molar-refractivity contribution in [2.24, 2.45) is 0 Å². The number of nitrogens with zero attached hydrogens (tertiary/aromatic N) is 2. The van der Waals surface area contributed by atoms with Gasteiger partial charge >= 0.3 is 0 Å². The first kappa shape index (κ1) is 17.8. The Morgan fingerprint density at radius 1 is 1.00 bits per heavy atom. The molecule has 0 fully saturated rings. The van der Waals surface area contributed by atoms with Crippen molar-refractivity contribution in [1.29, 1.82) is 0 Å². The van der Waals surface area contributed by atoms with Gasteiger partial charge in [0.15, 0.2) is 23.1 Å². The fraction of sp³-hybridized carbons (Fsp3) is 0.158. The van der Waals surface area contributed by atoms with Gasteiger partial charge in [0.1, 0.15) is 0 Å². The van der Waals surface area contributed by atoms with Gasteiger partial charge in [-0.15, -0.1) is 0 Å². The van der Waals surface area contributed by atoms with Gasteiger partial charge in [-0.05, 0) is 35.9 Å². The molecular weight excluding hydrogens is 363 g/mol. The Balaban J connectivity index is 1.55. The number of aromatic nitrogens is 2. The first-order valence-electron chi connectivity index (χ1n) is 8.56. The molecule has 0 saturated heterocycles. The van der Waals surface area contributed by atoms with Gasteiger partial charge in [0, 0.05) is 24.0 Å². The van der Waals surface area contributed by atoms with Gasteiger partial charge in [-0.2, -0.15) is 4.98 Å². The number of anilines is 5. The Kier molecular flexibility index (Phi) is 4.81. The lowest BCUT2D eigenvalue weighted by molar-refractivity contribution is 0.355. The van der Waals surface area contributed by atoms with E-state index in [-0.39, 0.29) is 11.8 Å². The van der Waals surface area contributed by atoms with Crippen LogP contribution in [0.15, 0.2) is 42.6 Å². The van der Waals surface area contributed by atoms with Gasteiger partial charge in [-0.1, -0.05) is 0 Å². The summed E-state index contributed by atoms with van der Waals surface area (Å²) in [7, 11) is 3.09. The summed E-state index contributed by atoms with van der Waals surface area (Å²) in [6.45, 7) is 0.723. The topological polar surface area (TPSA) is 92.4 Å². The number of nitrogens with one attached hydrogen (secondary N) is 4. The van der Waals surface area contributed by atoms with Crippen LogP contribution >= 0.6 is 0 Å². The molecule has 0 unspecified atom stereocenters. The standard InChI is InChI=1S/C19H19FN6O2/c1-27-16-6-4-13(8-17(16)28-2)23-18-14(20)10-21-19(25-18)24-12-3-5-15-11(7-12)9-22-26-15/h3-8,10,22,26H,9H2,1-2H3,(H2,21,23,24,25). The van der Waals surface area contributed by atoms with Crippen LogP contribution in [0.4, 0.5) is 33.2 Å². The van der Waals surface area contributed by atoms with Crippen molar-refractivity contribution in [3.05, 3.63) is 54.0 Å². The van der Waals surface area contributed by atoms with E-state index in [4.69, 9.17) is 9.47 Å². The highest BCUT2D eigenvalue weighted by atomic mass is 19.1. The molecule has 0 saturated carbocycles. The average molecular weight is 382 g/mol. The van der Waals surface area contributed by atoms with E-state index < -0.39 is 5.82 Å². The number of methoxy groups -OCH3 is 2. The minimum atomic E-state index is -0.567. The maximum Gasteiger partial charge on any atom is 0.229 e. The Hall–Kier alpha value is -3.59. The van der Waals surface area contributed by atoms with Crippen LogP contribution in [0, 0.1) is 5.82 Å². The van der Waals surface area contributed by atoms with Crippen molar-refractivity contribution in [3.8, 4) is 11.5 Å². The van der Waals surface area contributed by atoms with Crippen LogP contribution in [-0.4, -0.2) is 24.2 Å². The summed E-state index contributed by atoms with van der Waals surface area (Å²) in [5.41, 5.74) is 9.69. The van der Waals surface area contributed by atoms with Crippen LogP contribution in [0.25, 0.3) is 0 Å². The van der Waals surface area contributed by atoms with E-state index in [0.717, 1.165) is 29.7 Å². The third-order valence-corrected chi connectivity index (χ3v) is 4.25. The number of benzene rings is 2. The molecule has 0 spiro atoms. The molecule has 0 amide bonds. The number of halogens is 1. The van der Waals surface area contributed by atoms with E-state index in [1.54, 1.807) is 25.3 Å². The second-order valence-electron chi connectivity index (χ2n) is 6.06. The van der Waals surface area contributed by atoms with Gasteiger partial charge in [-0.25, -0.2) is 14.8 Å². The first-order valence-corrected chi connectivity index (χ1v) is 8.56. The molecule has 0 bridgehead atoms. The summed E-state index contributed by atoms with van der Waals surface area (Å²) >= 11 is 0. The highest BCUT2D eigenvalue weighted by Crippen LogP contribution is 2.31. The molecule has 3 aromatic rings. The minimum Gasteiger partial charge on any atom is -0.493 e. The molecule has 2 heterocycles. The van der Waals surface area contributed by atoms with Gasteiger partial charge < -0.3 is 25.5 Å². The van der Waals surface area contributed by atoms with Crippen LogP contribution in [0.3, 0.4) is 0 Å². The highest BCUT2D eigenvalue weighted by molar-refractivity contribution is 5.66. The smallest absolute Gasteiger partial charge is 0.229 e. The summed E-state index contributed by atoms with van der Waals surface area (Å²) in [4.78, 5) is 8.26. The normalized spacial score (nSPS) is 12.1. The van der Waals surface area contributed by atoms with Crippen LogP contribution in [0.1, 0.15) is 5.56 Å². The molecular formula is C19H19FN6O2. The number of ether oxygens (including phenoxy) is 2. The minimum absolute atomic E-state index is 0.0502. The summed E-state index contributed by atoms with van der Waals surface area (Å²) in [5, 5.41) is 6.04. The predicted octanol–water partition coefficient (Wildman–Crippen LogP) is 3.55. The van der Waals surface area contributed by atoms with E-state index in [1.165, 1.54) is 7.11 Å². The van der Waals surface area contributed by atoms with E-state index >= 15 is 0 Å². The Morgan fingerprint density at radius 2 is 1.79 bits per heavy atom. The molecule has 1 aromatic heterocycles. The molecule has 9 heteroatoms. The lowest BCUT2D eigenvalue weighted by Crippen LogP contribution is -2.10. The van der Waals surface area contributed by atoms with Gasteiger partial charge in [0.2, 0.25) is 5.95 Å². The fourth-order valence-electron chi connectivity index (χ4n) is 2.87. The lowest BCUT2D eigenvalue weighted by Gasteiger charge is -2.12. The Labute approximate surface area is 161 Å². The molecule has 4 rings (SSSR count). The van der Waals surface area contributed by atoms with Crippen molar-refractivity contribution in [3.63, 3.8) is 0 Å². The Morgan fingerprint density at radius 3 is 2.61 bits per heavy atom. The predicted molar refractivity (Wildman–Crippen MR) is 105 cm³/mol. The number of hydrogen-bond acceptors (Lipinski definition) is 8. The van der Waals surface area contributed by atoms with Crippen LogP contribution in [0.5, 0.6) is 11.5 Å². The zero-order chi connectivity index (χ0) is 19.5. The van der Waals surface area contributed by atoms with Gasteiger partial charge in [0.05, 0.1) is 26.1 Å². The van der Waals surface area contributed by atoms with Crippen LogP contribution in [-0.2, 0) is 6.54 Å². The third kappa shape index (κ3) is 3.60. The summed E-state index contributed by atoms with van der Waals surface area (Å²) in [6, 6.07) is 11.0. The van der Waals surface area contributed by atoms with Gasteiger partial charge in [0.25, 0.3) is 0 Å². The van der Waals surface area contributed by atoms with Gasteiger partial charge in [-0.3, -0.25) is 0 Å². The zero-order valence-corrected chi connectivity index (χ0v) is 15.3. The number of rotatable bonds is 6. The summed E-state index contributed by atoms with van der Waals surface area (Å²) in [5.74, 6) is 0.875. The van der Waals surface area contributed by atoms with E-state index in [1.807, 2.05) is 18.2 Å². The van der Waals surface area contributed by atoms with Crippen molar-refractivity contribution < 1.29 is 13.9 Å². The van der Waals surface area contributed by atoms with E-state index in [0.29, 0.717) is 17.2 Å². The van der Waals surface area contributed by atoms with Crippen LogP contribution < -0.4 is 31.0 Å². The number of hydrazine groups is 1. The second kappa shape index (κ2) is 7.57. The molecule has 8 nitrogen and oxygen atoms in total. The monoisotopic (exact) mass is 382 g/mol. The molecule has 4 N–H and O–H groups in total. The third-order valence-electron chi connectivity index (χ3n) is 4.25. The lowest BCUT2D eigenvalue weighted by atomic mass is 10.2. The van der Waals surface area contributed by atoms with Crippen molar-refractivity contribution in [1.82, 2.24) is 15.4 Å². The maximum absolute atomic E-state index is 14.2. The van der Waals surface area contributed by atoms with Crippen molar-refractivity contribution in [2.75, 3.05) is 30.3 Å². The molecule has 144 valence electrons. The number of hydrogen-bond donors (Lipinski definition) is 4. The second-order valence-corrected chi connectivity index (χ2v) is 6.06. The van der Waals surface area contributed by atoms with Crippen molar-refractivity contribution >= 4 is 28.8 Å². The van der Waals surface area contributed by atoms with Crippen molar-refractivity contribution in [2.45, 2.75) is 6.54 Å². The first-order chi connectivity index (χ1) is 13.7. The SMILES string of the molecule is COc1ccc(Nc2nc(Nc3ccc4c(c3)CNN4)ncc2F)cc1OC. The van der Waals surface area contributed by atoms with Crippen LogP contribution in [0.2, 0.25) is 0 Å². The highest BCUT2D eigenvalue weighted by Gasteiger charge is 2.12. The fourth-order valence-corrected chi connectivity index (χ4v) is 2.87. The molecule has 2 aromatic carbocycles. The molecule has 28 heavy (non-hydrogen) atoms. The molecule has 0 aliphatic carbocycles. The molecule has 1 aliphatic heterocycles. The molecule has 0 atom stereocenters. The zero-order valence-electron chi connectivity index (χ0n) is 15.3. The molecule has 0 radical (unpaired) electrons. The largest absolute Gasteiger partial charge is 0.493 e. The maximum atomic E-state index is 14.2. The quantitative estimate of drug-likeness (QED) is 0.514. The van der Waals surface area contributed by atoms with E-state index in [9.17, 15) is 4.39 Å². The number of fused-ring (bicyclic) bond motifs is 1. The molecule has 1 aliphatic rings. The average Bonchev–Trinajstić information content (AvgIpc) is 3.18. The summed E-state index contributed by atoms with van der Waals surface area (Å²) in [6.07, 6.45) is 1.12. The van der Waals surface area contributed by atoms with E-state index in [2.05, 4.69) is 31.5 Å².